The summed E-state index contributed by atoms with van der Waals surface area (Å²) in [4.78, 5) is 23.7. The van der Waals surface area contributed by atoms with Crippen LogP contribution in [-0.2, 0) is 0 Å². The van der Waals surface area contributed by atoms with Crippen molar-refractivity contribution in [2.75, 3.05) is 19.6 Å². The van der Waals surface area contributed by atoms with Crippen LogP contribution in [0.2, 0.25) is 0 Å². The molecule has 19 heavy (non-hydrogen) atoms. The molecule has 1 unspecified atom stereocenters. The highest BCUT2D eigenvalue weighted by Gasteiger charge is 2.14. The highest BCUT2D eigenvalue weighted by Crippen LogP contribution is 2.16. The second kappa shape index (κ2) is 6.82. The first kappa shape index (κ1) is 14.2. The molecule has 0 saturated carbocycles. The molecule has 1 aromatic heterocycles. The third-order valence-corrected chi connectivity index (χ3v) is 4.40. The van der Waals surface area contributed by atoms with Gasteiger partial charge in [-0.15, -0.1) is 11.3 Å². The number of piperidine rings is 1. The topological polar surface area (TPSA) is 58.2 Å². The van der Waals surface area contributed by atoms with Gasteiger partial charge >= 0.3 is 0 Å². The van der Waals surface area contributed by atoms with Gasteiger partial charge in [-0.05, 0) is 51.3 Å². The lowest BCUT2D eigenvalue weighted by Gasteiger charge is -2.22. The first-order chi connectivity index (χ1) is 9.16. The van der Waals surface area contributed by atoms with Crippen LogP contribution >= 0.6 is 11.3 Å². The third kappa shape index (κ3) is 4.14. The summed E-state index contributed by atoms with van der Waals surface area (Å²) < 4.78 is 0. The molecule has 5 heteroatoms. The summed E-state index contributed by atoms with van der Waals surface area (Å²) in [6.45, 7) is 4.40. The van der Waals surface area contributed by atoms with Gasteiger partial charge in [0.25, 0.3) is 5.91 Å². The van der Waals surface area contributed by atoms with Crippen molar-refractivity contribution in [2.24, 2.45) is 5.92 Å². The summed E-state index contributed by atoms with van der Waals surface area (Å²) in [5, 5.41) is 8.04. The van der Waals surface area contributed by atoms with E-state index in [9.17, 15) is 9.59 Å². The van der Waals surface area contributed by atoms with E-state index < -0.39 is 0 Å². The number of nitrogens with one attached hydrogen (secondary N) is 2. The largest absolute Gasteiger partial charge is 0.351 e. The molecule has 1 fully saturated rings. The van der Waals surface area contributed by atoms with Crippen LogP contribution < -0.4 is 10.6 Å². The van der Waals surface area contributed by atoms with Crippen LogP contribution in [0, 0.1) is 5.92 Å². The molecular weight excluding hydrogens is 260 g/mol. The zero-order valence-electron chi connectivity index (χ0n) is 11.2. The smallest absolute Gasteiger partial charge is 0.261 e. The van der Waals surface area contributed by atoms with Crippen LogP contribution in [0.15, 0.2) is 11.4 Å². The Balaban J connectivity index is 1.75. The lowest BCUT2D eigenvalue weighted by atomic mass is 9.96. The van der Waals surface area contributed by atoms with Gasteiger partial charge in [-0.2, -0.15) is 0 Å². The van der Waals surface area contributed by atoms with E-state index in [0.29, 0.717) is 22.9 Å². The Morgan fingerprint density at radius 2 is 2.37 bits per heavy atom. The standard InChI is InChI=1S/C14H20N2O2S/c1-10(17)12-7-13(19-9-12)14(18)16-6-4-11-3-2-5-15-8-11/h7,9,11,15H,2-6,8H2,1H3,(H,16,18). The van der Waals surface area contributed by atoms with Crippen molar-refractivity contribution in [3.63, 3.8) is 0 Å². The Hall–Kier alpha value is -1.20. The molecule has 104 valence electrons. The molecule has 2 heterocycles. The molecule has 4 nitrogen and oxygen atoms in total. The molecule has 1 saturated heterocycles. The molecule has 1 aromatic rings. The van der Waals surface area contributed by atoms with Crippen LogP contribution in [0.1, 0.15) is 46.2 Å². The predicted octanol–water partition coefficient (Wildman–Crippen LogP) is 2.07. The first-order valence-corrected chi connectivity index (χ1v) is 7.63. The molecule has 2 rings (SSSR count). The van der Waals surface area contributed by atoms with Gasteiger partial charge in [0, 0.05) is 17.5 Å². The Morgan fingerprint density at radius 3 is 3.00 bits per heavy atom. The molecule has 1 amide bonds. The molecule has 2 N–H and O–H groups in total. The van der Waals surface area contributed by atoms with E-state index in [1.54, 1.807) is 11.4 Å². The third-order valence-electron chi connectivity index (χ3n) is 3.47. The Bertz CT molecular complexity index is 450. The molecule has 1 atom stereocenters. The molecule has 0 bridgehead atoms. The quantitative estimate of drug-likeness (QED) is 0.812. The maximum absolute atomic E-state index is 11.9. The van der Waals surface area contributed by atoms with Gasteiger partial charge in [0.05, 0.1) is 4.88 Å². The molecule has 0 aliphatic carbocycles. The molecule has 0 radical (unpaired) electrons. The van der Waals surface area contributed by atoms with E-state index in [-0.39, 0.29) is 11.7 Å². The van der Waals surface area contributed by atoms with Gasteiger partial charge in [0.1, 0.15) is 0 Å². The van der Waals surface area contributed by atoms with Crippen LogP contribution in [0.5, 0.6) is 0 Å². The molecule has 0 aromatic carbocycles. The lowest BCUT2D eigenvalue weighted by Crippen LogP contribution is -2.33. The van der Waals surface area contributed by atoms with Crippen molar-refractivity contribution >= 4 is 23.0 Å². The normalized spacial score (nSPS) is 19.1. The highest BCUT2D eigenvalue weighted by atomic mass is 32.1. The molecule has 0 spiro atoms. The number of carbonyl (C=O) groups excluding carboxylic acids is 2. The first-order valence-electron chi connectivity index (χ1n) is 6.75. The average Bonchev–Trinajstić information content (AvgIpc) is 2.89. The SMILES string of the molecule is CC(=O)c1csc(C(=O)NCCC2CCCNC2)c1. The number of carbonyl (C=O) groups is 2. The molecular formula is C14H20N2O2S. The van der Waals surface area contributed by atoms with Crippen molar-refractivity contribution in [1.29, 1.82) is 0 Å². The number of thiophene rings is 1. The van der Waals surface area contributed by atoms with Crippen molar-refractivity contribution in [1.82, 2.24) is 10.6 Å². The zero-order valence-corrected chi connectivity index (χ0v) is 12.0. The summed E-state index contributed by atoms with van der Waals surface area (Å²) in [5.41, 5.74) is 0.617. The van der Waals surface area contributed by atoms with E-state index in [1.165, 1.54) is 31.1 Å². The Labute approximate surface area is 117 Å². The van der Waals surface area contributed by atoms with E-state index in [4.69, 9.17) is 0 Å². The Kier molecular flexibility index (Phi) is 5.10. The number of amides is 1. The van der Waals surface area contributed by atoms with Crippen molar-refractivity contribution in [3.05, 3.63) is 21.9 Å². The number of hydrogen-bond acceptors (Lipinski definition) is 4. The van der Waals surface area contributed by atoms with Gasteiger partial charge in [0.2, 0.25) is 0 Å². The summed E-state index contributed by atoms with van der Waals surface area (Å²) >= 11 is 1.33. The summed E-state index contributed by atoms with van der Waals surface area (Å²) in [6, 6.07) is 1.67. The molecule has 1 aliphatic rings. The fourth-order valence-corrected chi connectivity index (χ4v) is 3.15. The van der Waals surface area contributed by atoms with Crippen LogP contribution in [0.25, 0.3) is 0 Å². The monoisotopic (exact) mass is 280 g/mol. The minimum absolute atomic E-state index is 0.00331. The number of ketones is 1. The number of Topliss-reactive ketones (excluding diaryl/α,β-unsaturated/α-hetero) is 1. The van der Waals surface area contributed by atoms with Gasteiger partial charge in [0.15, 0.2) is 5.78 Å². The Morgan fingerprint density at radius 1 is 1.53 bits per heavy atom. The highest BCUT2D eigenvalue weighted by molar-refractivity contribution is 7.12. The van der Waals surface area contributed by atoms with E-state index in [0.717, 1.165) is 19.5 Å². The summed E-state index contributed by atoms with van der Waals surface area (Å²) in [5.74, 6) is 0.606. The van der Waals surface area contributed by atoms with Crippen molar-refractivity contribution in [3.8, 4) is 0 Å². The van der Waals surface area contributed by atoms with Crippen LogP contribution in [0.3, 0.4) is 0 Å². The average molecular weight is 280 g/mol. The maximum Gasteiger partial charge on any atom is 0.261 e. The number of rotatable bonds is 5. The summed E-state index contributed by atoms with van der Waals surface area (Å²) in [6.07, 6.45) is 3.49. The number of hydrogen-bond donors (Lipinski definition) is 2. The lowest BCUT2D eigenvalue weighted by molar-refractivity contribution is 0.0954. The zero-order chi connectivity index (χ0) is 13.7. The minimum atomic E-state index is -0.0683. The minimum Gasteiger partial charge on any atom is -0.351 e. The van der Waals surface area contributed by atoms with Gasteiger partial charge in [-0.1, -0.05) is 0 Å². The van der Waals surface area contributed by atoms with Crippen LogP contribution in [0.4, 0.5) is 0 Å². The summed E-state index contributed by atoms with van der Waals surface area (Å²) in [7, 11) is 0. The fourth-order valence-electron chi connectivity index (χ4n) is 2.29. The maximum atomic E-state index is 11.9. The predicted molar refractivity (Wildman–Crippen MR) is 76.9 cm³/mol. The van der Waals surface area contributed by atoms with Crippen LogP contribution in [-0.4, -0.2) is 31.3 Å². The second-order valence-corrected chi connectivity index (χ2v) is 5.92. The van der Waals surface area contributed by atoms with Crippen molar-refractivity contribution in [2.45, 2.75) is 26.2 Å². The molecule has 1 aliphatic heterocycles. The second-order valence-electron chi connectivity index (χ2n) is 5.01. The van der Waals surface area contributed by atoms with Gasteiger partial charge in [-0.25, -0.2) is 0 Å². The van der Waals surface area contributed by atoms with Crippen molar-refractivity contribution < 1.29 is 9.59 Å². The van der Waals surface area contributed by atoms with E-state index in [1.807, 2.05) is 0 Å². The van der Waals surface area contributed by atoms with E-state index in [2.05, 4.69) is 10.6 Å². The fraction of sp³-hybridized carbons (Fsp3) is 0.571. The van der Waals surface area contributed by atoms with Gasteiger partial charge < -0.3 is 10.6 Å². The van der Waals surface area contributed by atoms with E-state index >= 15 is 0 Å². The van der Waals surface area contributed by atoms with Gasteiger partial charge in [-0.3, -0.25) is 9.59 Å².